The number of aryl methyl sites for hydroxylation is 2. The van der Waals surface area contributed by atoms with Gasteiger partial charge in [-0.3, -0.25) is 4.79 Å². The van der Waals surface area contributed by atoms with E-state index < -0.39 is 0 Å². The Bertz CT molecular complexity index is 665. The van der Waals surface area contributed by atoms with Gasteiger partial charge < -0.3 is 10.6 Å². The van der Waals surface area contributed by atoms with Crippen LogP contribution < -0.4 is 10.6 Å². The highest BCUT2D eigenvalue weighted by atomic mass is 16.1. The summed E-state index contributed by atoms with van der Waals surface area (Å²) < 4.78 is 0. The van der Waals surface area contributed by atoms with Gasteiger partial charge >= 0.3 is 0 Å². The molecule has 5 nitrogen and oxygen atoms in total. The highest BCUT2D eigenvalue weighted by Crippen LogP contribution is 2.06. The lowest BCUT2D eigenvalue weighted by Crippen LogP contribution is -2.24. The largest absolute Gasteiger partial charge is 0.351 e. The molecule has 0 aliphatic carbocycles. The van der Waals surface area contributed by atoms with Crippen LogP contribution in [0.1, 0.15) is 27.3 Å². The van der Waals surface area contributed by atoms with Crippen LogP contribution >= 0.6 is 0 Å². The van der Waals surface area contributed by atoms with Crippen molar-refractivity contribution in [1.29, 1.82) is 0 Å². The minimum Gasteiger partial charge on any atom is -0.351 e. The first-order valence-electron chi connectivity index (χ1n) is 7.12. The van der Waals surface area contributed by atoms with Crippen LogP contribution in [0, 0.1) is 13.8 Å². The van der Waals surface area contributed by atoms with Gasteiger partial charge in [-0.2, -0.15) is 0 Å². The van der Waals surface area contributed by atoms with Crippen molar-refractivity contribution in [3.8, 4) is 0 Å². The van der Waals surface area contributed by atoms with E-state index in [-0.39, 0.29) is 5.91 Å². The molecular weight excluding hydrogens is 276 g/mol. The first-order chi connectivity index (χ1) is 10.6. The molecule has 0 spiro atoms. The highest BCUT2D eigenvalue weighted by molar-refractivity contribution is 5.92. The van der Waals surface area contributed by atoms with E-state index in [4.69, 9.17) is 0 Å². The third-order valence-electron chi connectivity index (χ3n) is 3.07. The Morgan fingerprint density at radius 3 is 2.64 bits per heavy atom. The van der Waals surface area contributed by atoms with Crippen molar-refractivity contribution in [3.05, 3.63) is 65.5 Å². The van der Waals surface area contributed by atoms with Gasteiger partial charge in [0.05, 0.1) is 0 Å². The Labute approximate surface area is 130 Å². The van der Waals surface area contributed by atoms with Crippen molar-refractivity contribution in [3.63, 3.8) is 0 Å². The molecule has 0 bridgehead atoms. The second kappa shape index (κ2) is 7.36. The van der Waals surface area contributed by atoms with E-state index in [9.17, 15) is 4.79 Å². The second-order valence-corrected chi connectivity index (χ2v) is 5.06. The number of hydrogen-bond donors (Lipinski definition) is 2. The molecule has 114 valence electrons. The minimum absolute atomic E-state index is 0.215. The van der Waals surface area contributed by atoms with Crippen LogP contribution in [0.4, 0.5) is 5.95 Å². The van der Waals surface area contributed by atoms with E-state index >= 15 is 0 Å². The fourth-order valence-electron chi connectivity index (χ4n) is 1.91. The quantitative estimate of drug-likeness (QED) is 0.804. The monoisotopic (exact) mass is 296 g/mol. The number of rotatable bonds is 6. The number of aromatic nitrogens is 2. The number of amides is 1. The average molecular weight is 296 g/mol. The van der Waals surface area contributed by atoms with Crippen molar-refractivity contribution in [2.45, 2.75) is 20.4 Å². The lowest BCUT2D eigenvalue weighted by atomic mass is 10.1. The summed E-state index contributed by atoms with van der Waals surface area (Å²) in [5.41, 5.74) is 3.34. The number of nitrogens with zero attached hydrogens (tertiary/aromatic N) is 2. The van der Waals surface area contributed by atoms with Gasteiger partial charge in [-0.1, -0.05) is 35.9 Å². The van der Waals surface area contributed by atoms with Crippen LogP contribution in [0.3, 0.4) is 0 Å². The Balaban J connectivity index is 2.03. The van der Waals surface area contributed by atoms with E-state index in [1.165, 1.54) is 5.56 Å². The van der Waals surface area contributed by atoms with Crippen LogP contribution in [-0.2, 0) is 6.54 Å². The molecule has 1 aromatic carbocycles. The predicted octanol–water partition coefficient (Wildman–Crippen LogP) is 2.62. The lowest BCUT2D eigenvalue weighted by Gasteiger charge is -2.08. The minimum atomic E-state index is -0.215. The highest BCUT2D eigenvalue weighted by Gasteiger charge is 2.10. The SMILES string of the molecule is C=CCNc1nc(C)cc(C(=O)NCc2ccc(C)cc2)n1. The van der Waals surface area contributed by atoms with Crippen LogP contribution in [0.2, 0.25) is 0 Å². The van der Waals surface area contributed by atoms with Gasteiger partial charge in [0, 0.05) is 18.8 Å². The van der Waals surface area contributed by atoms with E-state index in [0.717, 1.165) is 11.3 Å². The molecule has 5 heteroatoms. The van der Waals surface area contributed by atoms with Crippen molar-refractivity contribution in [2.24, 2.45) is 0 Å². The van der Waals surface area contributed by atoms with Gasteiger partial charge in [0.25, 0.3) is 5.91 Å². The molecular formula is C17H20N4O. The van der Waals surface area contributed by atoms with E-state index in [1.807, 2.05) is 38.1 Å². The molecule has 2 aromatic rings. The van der Waals surface area contributed by atoms with Gasteiger partial charge in [0.15, 0.2) is 0 Å². The summed E-state index contributed by atoms with van der Waals surface area (Å²) in [7, 11) is 0. The summed E-state index contributed by atoms with van der Waals surface area (Å²) in [4.78, 5) is 20.7. The molecule has 1 heterocycles. The van der Waals surface area contributed by atoms with Crippen molar-refractivity contribution >= 4 is 11.9 Å². The fraction of sp³-hybridized carbons (Fsp3) is 0.235. The zero-order valence-corrected chi connectivity index (χ0v) is 12.9. The fourth-order valence-corrected chi connectivity index (χ4v) is 1.91. The molecule has 0 unspecified atom stereocenters. The maximum atomic E-state index is 12.2. The maximum absolute atomic E-state index is 12.2. The lowest BCUT2D eigenvalue weighted by molar-refractivity contribution is 0.0945. The third kappa shape index (κ3) is 4.41. The van der Waals surface area contributed by atoms with E-state index in [1.54, 1.807) is 12.1 Å². The average Bonchev–Trinajstić information content (AvgIpc) is 2.51. The molecule has 2 rings (SSSR count). The molecule has 0 radical (unpaired) electrons. The summed E-state index contributed by atoms with van der Waals surface area (Å²) in [6.45, 7) is 8.51. The third-order valence-corrected chi connectivity index (χ3v) is 3.07. The summed E-state index contributed by atoms with van der Waals surface area (Å²) in [5.74, 6) is 0.216. The molecule has 2 N–H and O–H groups in total. The number of benzene rings is 1. The topological polar surface area (TPSA) is 66.9 Å². The standard InChI is InChI=1S/C17H20N4O/c1-4-9-18-17-20-13(3)10-15(21-17)16(22)19-11-14-7-5-12(2)6-8-14/h4-8,10H,1,9,11H2,2-3H3,(H,19,22)(H,18,20,21). The first-order valence-corrected chi connectivity index (χ1v) is 7.12. The molecule has 22 heavy (non-hydrogen) atoms. The van der Waals surface area contributed by atoms with Crippen LogP contribution in [0.15, 0.2) is 43.0 Å². The zero-order chi connectivity index (χ0) is 15.9. The molecule has 1 aromatic heterocycles. The normalized spacial score (nSPS) is 10.1. The molecule has 0 saturated carbocycles. The Morgan fingerprint density at radius 1 is 1.23 bits per heavy atom. The number of anilines is 1. The van der Waals surface area contributed by atoms with Gasteiger partial charge in [-0.15, -0.1) is 6.58 Å². The number of carbonyl (C=O) groups is 1. The van der Waals surface area contributed by atoms with Crippen LogP contribution in [0.5, 0.6) is 0 Å². The molecule has 0 fully saturated rings. The Kier molecular flexibility index (Phi) is 5.25. The zero-order valence-electron chi connectivity index (χ0n) is 12.9. The van der Waals surface area contributed by atoms with Crippen LogP contribution in [-0.4, -0.2) is 22.4 Å². The molecule has 0 saturated heterocycles. The van der Waals surface area contributed by atoms with Gasteiger partial charge in [0.1, 0.15) is 5.69 Å². The Morgan fingerprint density at radius 2 is 1.95 bits per heavy atom. The van der Waals surface area contributed by atoms with E-state index in [2.05, 4.69) is 27.2 Å². The Hall–Kier alpha value is -2.69. The van der Waals surface area contributed by atoms with Crippen molar-refractivity contribution in [1.82, 2.24) is 15.3 Å². The summed E-state index contributed by atoms with van der Waals surface area (Å²) in [5, 5.41) is 5.86. The molecule has 0 atom stereocenters. The molecule has 1 amide bonds. The van der Waals surface area contributed by atoms with E-state index in [0.29, 0.717) is 24.7 Å². The summed E-state index contributed by atoms with van der Waals surface area (Å²) >= 11 is 0. The number of nitrogens with one attached hydrogen (secondary N) is 2. The predicted molar refractivity (Wildman–Crippen MR) is 87.8 cm³/mol. The number of hydrogen-bond acceptors (Lipinski definition) is 4. The summed E-state index contributed by atoms with van der Waals surface area (Å²) in [6, 6.07) is 9.71. The summed E-state index contributed by atoms with van der Waals surface area (Å²) in [6.07, 6.45) is 1.71. The smallest absolute Gasteiger partial charge is 0.270 e. The van der Waals surface area contributed by atoms with Crippen LogP contribution in [0.25, 0.3) is 0 Å². The second-order valence-electron chi connectivity index (χ2n) is 5.06. The van der Waals surface area contributed by atoms with Gasteiger partial charge in [-0.25, -0.2) is 9.97 Å². The van der Waals surface area contributed by atoms with Crippen molar-refractivity contribution in [2.75, 3.05) is 11.9 Å². The molecule has 0 aliphatic heterocycles. The van der Waals surface area contributed by atoms with Crippen molar-refractivity contribution < 1.29 is 4.79 Å². The first kappa shape index (κ1) is 15.7. The van der Waals surface area contributed by atoms with Gasteiger partial charge in [-0.05, 0) is 25.5 Å². The number of carbonyl (C=O) groups excluding carboxylic acids is 1. The van der Waals surface area contributed by atoms with Gasteiger partial charge in [0.2, 0.25) is 5.95 Å². The maximum Gasteiger partial charge on any atom is 0.270 e. The molecule has 0 aliphatic rings.